The van der Waals surface area contributed by atoms with Gasteiger partial charge in [-0.3, -0.25) is 4.79 Å². The third-order valence-corrected chi connectivity index (χ3v) is 5.17. The first-order chi connectivity index (χ1) is 14.2. The van der Waals surface area contributed by atoms with Gasteiger partial charge in [0.05, 0.1) is 31.5 Å². The maximum absolute atomic E-state index is 12.6. The average Bonchev–Trinajstić information content (AvgIpc) is 3.31. The lowest BCUT2D eigenvalue weighted by molar-refractivity contribution is -0.125. The SMILES string of the molecule is COc1ccccc1-c1ccc(N2CCCC(C(=O)NCc3ccco3)C2)nn1. The van der Waals surface area contributed by atoms with Crippen LogP contribution in [-0.2, 0) is 11.3 Å². The lowest BCUT2D eigenvalue weighted by Gasteiger charge is -2.32. The molecule has 150 valence electrons. The number of furan rings is 1. The first-order valence-corrected chi connectivity index (χ1v) is 9.77. The molecule has 1 aliphatic heterocycles. The van der Waals surface area contributed by atoms with E-state index in [0.29, 0.717) is 13.1 Å². The Bertz CT molecular complexity index is 941. The zero-order valence-corrected chi connectivity index (χ0v) is 16.4. The average molecular weight is 392 g/mol. The summed E-state index contributed by atoms with van der Waals surface area (Å²) in [5.41, 5.74) is 1.67. The van der Waals surface area contributed by atoms with Gasteiger partial charge in [0.15, 0.2) is 5.82 Å². The Hall–Kier alpha value is -3.35. The van der Waals surface area contributed by atoms with Crippen molar-refractivity contribution in [3.05, 3.63) is 60.6 Å². The minimum Gasteiger partial charge on any atom is -0.496 e. The molecule has 29 heavy (non-hydrogen) atoms. The van der Waals surface area contributed by atoms with Crippen LogP contribution in [0.15, 0.2) is 59.2 Å². The summed E-state index contributed by atoms with van der Waals surface area (Å²) in [5, 5.41) is 11.8. The number of rotatable bonds is 6. The van der Waals surface area contributed by atoms with Gasteiger partial charge in [0.25, 0.3) is 0 Å². The van der Waals surface area contributed by atoms with E-state index in [2.05, 4.69) is 20.4 Å². The first kappa shape index (κ1) is 19.0. The number of piperidine rings is 1. The lowest BCUT2D eigenvalue weighted by Crippen LogP contribution is -2.43. The van der Waals surface area contributed by atoms with Crippen LogP contribution >= 0.6 is 0 Å². The molecule has 0 bridgehead atoms. The normalized spacial score (nSPS) is 16.4. The minimum atomic E-state index is -0.0746. The highest BCUT2D eigenvalue weighted by atomic mass is 16.5. The fourth-order valence-corrected chi connectivity index (χ4v) is 3.62. The standard InChI is InChI=1S/C22H24N4O3/c1-28-20-9-3-2-8-18(20)19-10-11-21(25-24-19)26-12-4-6-16(15-26)22(27)23-14-17-7-5-13-29-17/h2-3,5,7-11,13,16H,4,6,12,14-15H2,1H3,(H,23,27). The Morgan fingerprint density at radius 1 is 1.21 bits per heavy atom. The maximum atomic E-state index is 12.6. The van der Waals surface area contributed by atoms with Gasteiger partial charge in [0.1, 0.15) is 11.5 Å². The lowest BCUT2D eigenvalue weighted by atomic mass is 9.97. The largest absolute Gasteiger partial charge is 0.496 e. The molecule has 1 saturated heterocycles. The molecule has 4 rings (SSSR count). The summed E-state index contributed by atoms with van der Waals surface area (Å²) < 4.78 is 10.7. The predicted octanol–water partition coefficient (Wildman–Crippen LogP) is 3.28. The van der Waals surface area contributed by atoms with Crippen LogP contribution in [0, 0.1) is 5.92 Å². The van der Waals surface area contributed by atoms with E-state index in [4.69, 9.17) is 9.15 Å². The van der Waals surface area contributed by atoms with Gasteiger partial charge in [-0.1, -0.05) is 12.1 Å². The molecule has 1 unspecified atom stereocenters. The molecule has 1 N–H and O–H groups in total. The minimum absolute atomic E-state index is 0.0460. The second-order valence-corrected chi connectivity index (χ2v) is 7.06. The van der Waals surface area contributed by atoms with E-state index >= 15 is 0 Å². The molecule has 0 aliphatic carbocycles. The summed E-state index contributed by atoms with van der Waals surface area (Å²) in [6, 6.07) is 15.3. The number of ether oxygens (including phenoxy) is 1. The number of amides is 1. The number of carbonyl (C=O) groups is 1. The van der Waals surface area contributed by atoms with Crippen LogP contribution in [-0.4, -0.2) is 36.3 Å². The van der Waals surface area contributed by atoms with E-state index in [-0.39, 0.29) is 11.8 Å². The fourth-order valence-electron chi connectivity index (χ4n) is 3.62. The number of carbonyl (C=O) groups excluding carboxylic acids is 1. The van der Waals surface area contributed by atoms with Crippen LogP contribution in [0.25, 0.3) is 11.3 Å². The fraction of sp³-hybridized carbons (Fsp3) is 0.318. The van der Waals surface area contributed by atoms with Gasteiger partial charge in [-0.2, -0.15) is 0 Å². The number of hydrogen-bond donors (Lipinski definition) is 1. The Morgan fingerprint density at radius 3 is 2.86 bits per heavy atom. The van der Waals surface area contributed by atoms with E-state index in [0.717, 1.165) is 48.0 Å². The number of aromatic nitrogens is 2. The Kier molecular flexibility index (Phi) is 5.74. The Balaban J connectivity index is 1.41. The van der Waals surface area contributed by atoms with Gasteiger partial charge >= 0.3 is 0 Å². The van der Waals surface area contributed by atoms with Gasteiger partial charge in [0.2, 0.25) is 5.91 Å². The summed E-state index contributed by atoms with van der Waals surface area (Å²) in [6.45, 7) is 1.91. The number of nitrogens with zero attached hydrogens (tertiary/aromatic N) is 3. The van der Waals surface area contributed by atoms with Crippen LogP contribution in [0.5, 0.6) is 5.75 Å². The van der Waals surface area contributed by atoms with Crippen molar-refractivity contribution in [1.82, 2.24) is 15.5 Å². The van der Waals surface area contributed by atoms with E-state index in [1.54, 1.807) is 13.4 Å². The molecule has 1 atom stereocenters. The number of methoxy groups -OCH3 is 1. The summed E-state index contributed by atoms with van der Waals surface area (Å²) in [5.74, 6) is 2.27. The number of hydrogen-bond acceptors (Lipinski definition) is 6. The molecule has 7 nitrogen and oxygen atoms in total. The molecule has 1 fully saturated rings. The smallest absolute Gasteiger partial charge is 0.225 e. The van der Waals surface area contributed by atoms with Crippen molar-refractivity contribution in [3.8, 4) is 17.0 Å². The molecule has 1 aliphatic rings. The molecule has 1 amide bonds. The molecule has 2 aromatic heterocycles. The Morgan fingerprint density at radius 2 is 2.10 bits per heavy atom. The quantitative estimate of drug-likeness (QED) is 0.693. The zero-order valence-electron chi connectivity index (χ0n) is 16.4. The van der Waals surface area contributed by atoms with E-state index in [1.807, 2.05) is 48.5 Å². The van der Waals surface area contributed by atoms with Crippen molar-refractivity contribution >= 4 is 11.7 Å². The number of nitrogens with one attached hydrogen (secondary N) is 1. The van der Waals surface area contributed by atoms with Crippen molar-refractivity contribution in [2.45, 2.75) is 19.4 Å². The highest BCUT2D eigenvalue weighted by molar-refractivity contribution is 5.79. The van der Waals surface area contributed by atoms with Crippen LogP contribution in [0.2, 0.25) is 0 Å². The summed E-state index contributed by atoms with van der Waals surface area (Å²) in [7, 11) is 1.64. The van der Waals surface area contributed by atoms with Crippen LogP contribution < -0.4 is 15.0 Å². The molecular weight excluding hydrogens is 368 g/mol. The Labute approximate surface area is 169 Å². The summed E-state index contributed by atoms with van der Waals surface area (Å²) in [6.07, 6.45) is 3.42. The van der Waals surface area contributed by atoms with Gasteiger partial charge in [0, 0.05) is 18.7 Å². The number of anilines is 1. The topological polar surface area (TPSA) is 80.5 Å². The molecule has 1 aromatic carbocycles. The molecule has 3 aromatic rings. The van der Waals surface area contributed by atoms with Gasteiger partial charge in [-0.15, -0.1) is 10.2 Å². The van der Waals surface area contributed by atoms with Crippen LogP contribution in [0.4, 0.5) is 5.82 Å². The molecule has 7 heteroatoms. The molecule has 3 heterocycles. The van der Waals surface area contributed by atoms with E-state index in [9.17, 15) is 4.79 Å². The van der Waals surface area contributed by atoms with Crippen molar-refractivity contribution in [2.75, 3.05) is 25.1 Å². The van der Waals surface area contributed by atoms with Crippen molar-refractivity contribution in [3.63, 3.8) is 0 Å². The van der Waals surface area contributed by atoms with E-state index in [1.165, 1.54) is 0 Å². The van der Waals surface area contributed by atoms with Crippen LogP contribution in [0.3, 0.4) is 0 Å². The van der Waals surface area contributed by atoms with Crippen molar-refractivity contribution < 1.29 is 13.9 Å². The number of benzene rings is 1. The van der Waals surface area contributed by atoms with E-state index < -0.39 is 0 Å². The third kappa shape index (κ3) is 4.39. The second-order valence-electron chi connectivity index (χ2n) is 7.06. The first-order valence-electron chi connectivity index (χ1n) is 9.77. The molecular formula is C22H24N4O3. The monoisotopic (exact) mass is 392 g/mol. The summed E-state index contributed by atoms with van der Waals surface area (Å²) >= 11 is 0. The van der Waals surface area contributed by atoms with Crippen LogP contribution in [0.1, 0.15) is 18.6 Å². The highest BCUT2D eigenvalue weighted by Crippen LogP contribution is 2.29. The second kappa shape index (κ2) is 8.77. The predicted molar refractivity (Wildman–Crippen MR) is 110 cm³/mol. The zero-order chi connectivity index (χ0) is 20.1. The van der Waals surface area contributed by atoms with Gasteiger partial charge < -0.3 is 19.4 Å². The highest BCUT2D eigenvalue weighted by Gasteiger charge is 2.26. The summed E-state index contributed by atoms with van der Waals surface area (Å²) in [4.78, 5) is 14.7. The van der Waals surface area contributed by atoms with Crippen molar-refractivity contribution in [1.29, 1.82) is 0 Å². The molecule has 0 radical (unpaired) electrons. The van der Waals surface area contributed by atoms with Gasteiger partial charge in [-0.25, -0.2) is 0 Å². The van der Waals surface area contributed by atoms with Crippen molar-refractivity contribution in [2.24, 2.45) is 5.92 Å². The van der Waals surface area contributed by atoms with Gasteiger partial charge in [-0.05, 0) is 49.2 Å². The molecule has 0 spiro atoms. The third-order valence-electron chi connectivity index (χ3n) is 5.17. The maximum Gasteiger partial charge on any atom is 0.225 e. The number of para-hydroxylation sites is 1. The molecule has 0 saturated carbocycles.